The number of hydrogen-bond acceptors (Lipinski definition) is 2. The molecule has 0 saturated heterocycles. The van der Waals surface area contributed by atoms with Crippen molar-refractivity contribution in [2.45, 2.75) is 31.7 Å². The topological polar surface area (TPSA) is 12.0 Å². The molecule has 0 amide bonds. The van der Waals surface area contributed by atoms with Crippen molar-refractivity contribution in [2.75, 3.05) is 5.75 Å². The molecule has 1 unspecified atom stereocenters. The van der Waals surface area contributed by atoms with Gasteiger partial charge in [0.15, 0.2) is 0 Å². The lowest BCUT2D eigenvalue weighted by Gasteiger charge is -2.27. The fourth-order valence-corrected chi connectivity index (χ4v) is 3.03. The molecule has 1 heterocycles. The maximum atomic E-state index is 3.62. The summed E-state index contributed by atoms with van der Waals surface area (Å²) in [5, 5.41) is 3.62. The molecule has 1 aromatic carbocycles. The number of fused-ring (bicyclic) bond motifs is 1. The number of rotatable bonds is 2. The molecule has 14 heavy (non-hydrogen) atoms. The monoisotopic (exact) mass is 207 g/mol. The van der Waals surface area contributed by atoms with Gasteiger partial charge in [-0.2, -0.15) is 11.8 Å². The smallest absolute Gasteiger partial charge is 0.0416 e. The summed E-state index contributed by atoms with van der Waals surface area (Å²) in [6.45, 7) is 4.42. The summed E-state index contributed by atoms with van der Waals surface area (Å²) in [5.74, 6) is 2.38. The van der Waals surface area contributed by atoms with Crippen molar-refractivity contribution in [3.05, 3.63) is 35.4 Å². The molecule has 1 aliphatic heterocycles. The summed E-state index contributed by atoms with van der Waals surface area (Å²) in [5.41, 5.74) is 3.00. The molecule has 0 saturated carbocycles. The molecule has 76 valence electrons. The summed E-state index contributed by atoms with van der Waals surface area (Å²) < 4.78 is 0. The molecule has 0 aliphatic carbocycles. The molecule has 0 spiro atoms. The lowest BCUT2D eigenvalue weighted by molar-refractivity contribution is 0.507. The number of nitrogens with one attached hydrogen (secondary N) is 1. The second kappa shape index (κ2) is 4.37. The van der Waals surface area contributed by atoms with Gasteiger partial charge in [0.1, 0.15) is 0 Å². The fraction of sp³-hybridized carbons (Fsp3) is 0.500. The second-order valence-electron chi connectivity index (χ2n) is 4.09. The molecule has 1 aliphatic rings. The van der Waals surface area contributed by atoms with Gasteiger partial charge in [0.05, 0.1) is 0 Å². The Labute approximate surface area is 90.3 Å². The molecule has 0 bridgehead atoms. The third-order valence-corrected chi connectivity index (χ3v) is 3.59. The molecular weight excluding hydrogens is 190 g/mol. The Kier molecular flexibility index (Phi) is 3.14. The van der Waals surface area contributed by atoms with E-state index in [9.17, 15) is 0 Å². The zero-order chi connectivity index (χ0) is 9.97. The average Bonchev–Trinajstić information content (AvgIpc) is 2.18. The van der Waals surface area contributed by atoms with E-state index in [1.807, 2.05) is 11.8 Å². The summed E-state index contributed by atoms with van der Waals surface area (Å²) in [6, 6.07) is 9.89. The zero-order valence-corrected chi connectivity index (χ0v) is 9.60. The molecule has 0 radical (unpaired) electrons. The van der Waals surface area contributed by atoms with Crippen molar-refractivity contribution >= 4 is 11.8 Å². The first-order chi connectivity index (χ1) is 6.77. The van der Waals surface area contributed by atoms with Crippen molar-refractivity contribution in [3.8, 4) is 0 Å². The van der Waals surface area contributed by atoms with Gasteiger partial charge in [0.25, 0.3) is 0 Å². The Morgan fingerprint density at radius 2 is 2.14 bits per heavy atom. The third-order valence-electron chi connectivity index (χ3n) is 2.51. The van der Waals surface area contributed by atoms with E-state index in [1.54, 1.807) is 0 Å². The zero-order valence-electron chi connectivity index (χ0n) is 8.79. The van der Waals surface area contributed by atoms with E-state index in [2.05, 4.69) is 43.4 Å². The number of hydrogen-bond donors (Lipinski definition) is 1. The van der Waals surface area contributed by atoms with Crippen LogP contribution < -0.4 is 5.32 Å². The van der Waals surface area contributed by atoms with Gasteiger partial charge in [-0.1, -0.05) is 38.1 Å². The first-order valence-corrected chi connectivity index (χ1v) is 6.34. The van der Waals surface area contributed by atoms with Crippen LogP contribution in [0.4, 0.5) is 0 Å². The van der Waals surface area contributed by atoms with Crippen LogP contribution in [0.5, 0.6) is 0 Å². The van der Waals surface area contributed by atoms with Crippen LogP contribution in [0.2, 0.25) is 0 Å². The van der Waals surface area contributed by atoms with Crippen LogP contribution in [-0.4, -0.2) is 11.8 Å². The summed E-state index contributed by atoms with van der Waals surface area (Å²) in [6.07, 6.45) is 0. The molecule has 1 nitrogen and oxygen atoms in total. The average molecular weight is 207 g/mol. The van der Waals surface area contributed by atoms with Gasteiger partial charge in [0.2, 0.25) is 0 Å². The summed E-state index contributed by atoms with van der Waals surface area (Å²) >= 11 is 2.03. The van der Waals surface area contributed by atoms with Crippen LogP contribution in [0.25, 0.3) is 0 Å². The highest BCUT2D eigenvalue weighted by Crippen LogP contribution is 2.31. The highest BCUT2D eigenvalue weighted by molar-refractivity contribution is 7.98. The van der Waals surface area contributed by atoms with Crippen LogP contribution in [0, 0.1) is 0 Å². The van der Waals surface area contributed by atoms with E-state index in [1.165, 1.54) is 22.6 Å². The van der Waals surface area contributed by atoms with E-state index >= 15 is 0 Å². The molecule has 2 heteroatoms. The predicted octanol–water partition coefficient (Wildman–Crippen LogP) is 2.97. The quantitative estimate of drug-likeness (QED) is 0.800. The van der Waals surface area contributed by atoms with E-state index in [4.69, 9.17) is 0 Å². The lowest BCUT2D eigenvalue weighted by atomic mass is 10.0. The Morgan fingerprint density at radius 1 is 1.36 bits per heavy atom. The normalized spacial score (nSPS) is 20.9. The van der Waals surface area contributed by atoms with Crippen LogP contribution in [0.3, 0.4) is 0 Å². The lowest BCUT2D eigenvalue weighted by Crippen LogP contribution is -2.31. The summed E-state index contributed by atoms with van der Waals surface area (Å²) in [7, 11) is 0. The van der Waals surface area contributed by atoms with E-state index in [0.717, 1.165) is 0 Å². The van der Waals surface area contributed by atoms with E-state index < -0.39 is 0 Å². The first kappa shape index (κ1) is 10.1. The van der Waals surface area contributed by atoms with Gasteiger partial charge in [-0.3, -0.25) is 0 Å². The minimum Gasteiger partial charge on any atom is -0.307 e. The van der Waals surface area contributed by atoms with Crippen LogP contribution in [0.1, 0.15) is 31.0 Å². The van der Waals surface area contributed by atoms with Crippen molar-refractivity contribution < 1.29 is 0 Å². The van der Waals surface area contributed by atoms with Crippen molar-refractivity contribution in [1.82, 2.24) is 5.32 Å². The molecule has 0 aromatic heterocycles. The highest BCUT2D eigenvalue weighted by Gasteiger charge is 2.19. The second-order valence-corrected chi connectivity index (χ2v) is 5.12. The van der Waals surface area contributed by atoms with Crippen LogP contribution in [0.15, 0.2) is 24.3 Å². The molecule has 2 rings (SSSR count). The molecule has 1 aromatic rings. The highest BCUT2D eigenvalue weighted by atomic mass is 32.2. The Balaban J connectivity index is 2.22. The standard InChI is InChI=1S/C12H17NS/c1-9(2)13-12-8-14-7-10-5-3-4-6-11(10)12/h3-6,9,12-13H,7-8H2,1-2H3. The maximum absolute atomic E-state index is 3.62. The largest absolute Gasteiger partial charge is 0.307 e. The maximum Gasteiger partial charge on any atom is 0.0416 e. The number of thioether (sulfide) groups is 1. The number of benzene rings is 1. The predicted molar refractivity (Wildman–Crippen MR) is 63.6 cm³/mol. The van der Waals surface area contributed by atoms with Crippen molar-refractivity contribution in [3.63, 3.8) is 0 Å². The van der Waals surface area contributed by atoms with E-state index in [-0.39, 0.29) is 0 Å². The van der Waals surface area contributed by atoms with Gasteiger partial charge in [-0.15, -0.1) is 0 Å². The van der Waals surface area contributed by atoms with E-state index in [0.29, 0.717) is 12.1 Å². The molecule has 1 atom stereocenters. The van der Waals surface area contributed by atoms with Crippen LogP contribution in [-0.2, 0) is 5.75 Å². The fourth-order valence-electron chi connectivity index (χ4n) is 1.92. The van der Waals surface area contributed by atoms with Crippen molar-refractivity contribution in [1.29, 1.82) is 0 Å². The molecular formula is C12H17NS. The van der Waals surface area contributed by atoms with Gasteiger partial charge in [-0.25, -0.2) is 0 Å². The Morgan fingerprint density at radius 3 is 2.93 bits per heavy atom. The van der Waals surface area contributed by atoms with Crippen molar-refractivity contribution in [2.24, 2.45) is 0 Å². The Bertz CT molecular complexity index is 309. The molecule has 0 fully saturated rings. The van der Waals surface area contributed by atoms with Gasteiger partial charge in [-0.05, 0) is 11.1 Å². The van der Waals surface area contributed by atoms with Crippen LogP contribution >= 0.6 is 11.8 Å². The Hall–Kier alpha value is -0.470. The molecule has 1 N–H and O–H groups in total. The summed E-state index contributed by atoms with van der Waals surface area (Å²) in [4.78, 5) is 0. The van der Waals surface area contributed by atoms with Gasteiger partial charge < -0.3 is 5.32 Å². The minimum atomic E-state index is 0.546. The first-order valence-electron chi connectivity index (χ1n) is 5.19. The van der Waals surface area contributed by atoms with Gasteiger partial charge in [0, 0.05) is 23.6 Å². The SMILES string of the molecule is CC(C)NC1CSCc2ccccc21. The third kappa shape index (κ3) is 2.12. The van der Waals surface area contributed by atoms with Gasteiger partial charge >= 0.3 is 0 Å². The minimum absolute atomic E-state index is 0.546.